The maximum Gasteiger partial charge on any atom is 0.163 e. The second-order valence-corrected chi connectivity index (χ2v) is 10.7. The van der Waals surface area contributed by atoms with Gasteiger partial charge in [-0.2, -0.15) is 0 Å². The molecule has 3 rings (SSSR count). The van der Waals surface area contributed by atoms with Crippen molar-refractivity contribution in [2.45, 2.75) is 59.3 Å². The van der Waals surface area contributed by atoms with Crippen molar-refractivity contribution in [3.05, 3.63) is 45.1 Å². The zero-order valence-corrected chi connectivity index (χ0v) is 18.7. The van der Waals surface area contributed by atoms with Gasteiger partial charge in [0.25, 0.3) is 0 Å². The minimum Gasteiger partial charge on any atom is -0.512 e. The largest absolute Gasteiger partial charge is 0.512 e. The van der Waals surface area contributed by atoms with Crippen molar-refractivity contribution in [3.63, 3.8) is 0 Å². The SMILES string of the molecule is CC1(C)CC(=O)C([C@H](C2=C(O)CC(C)(C)CC2=O)c2ccc(Cl)cc2Cl)C(=O)C1. The highest BCUT2D eigenvalue weighted by Gasteiger charge is 2.48. The van der Waals surface area contributed by atoms with Crippen LogP contribution in [0.1, 0.15) is 64.9 Å². The van der Waals surface area contributed by atoms with Crippen molar-refractivity contribution >= 4 is 40.6 Å². The average Bonchev–Trinajstić information content (AvgIpc) is 2.50. The number of halogens is 2. The molecule has 0 aliphatic heterocycles. The Kier molecular flexibility index (Phi) is 5.74. The zero-order valence-electron chi connectivity index (χ0n) is 17.1. The first kappa shape index (κ1) is 22.0. The molecule has 0 spiro atoms. The summed E-state index contributed by atoms with van der Waals surface area (Å²) in [5, 5.41) is 11.5. The van der Waals surface area contributed by atoms with Crippen LogP contribution in [0.2, 0.25) is 10.0 Å². The molecule has 2 aliphatic carbocycles. The van der Waals surface area contributed by atoms with Gasteiger partial charge < -0.3 is 5.11 Å². The second-order valence-electron chi connectivity index (χ2n) is 9.87. The van der Waals surface area contributed by atoms with Gasteiger partial charge in [0, 0.05) is 47.2 Å². The van der Waals surface area contributed by atoms with Crippen LogP contribution in [0.25, 0.3) is 0 Å². The molecule has 29 heavy (non-hydrogen) atoms. The van der Waals surface area contributed by atoms with Gasteiger partial charge in [0.1, 0.15) is 17.3 Å². The summed E-state index contributed by atoms with van der Waals surface area (Å²) in [4.78, 5) is 39.3. The number of benzene rings is 1. The molecular formula is C23H26Cl2O4. The zero-order chi connectivity index (χ0) is 21.7. The molecular weight excluding hydrogens is 411 g/mol. The van der Waals surface area contributed by atoms with Gasteiger partial charge in [0.15, 0.2) is 5.78 Å². The predicted molar refractivity (Wildman–Crippen MR) is 113 cm³/mol. The van der Waals surface area contributed by atoms with Crippen molar-refractivity contribution in [3.8, 4) is 0 Å². The molecule has 1 N–H and O–H groups in total. The van der Waals surface area contributed by atoms with E-state index in [1.165, 1.54) is 6.07 Å². The number of Topliss-reactive ketones (excluding diaryl/α,β-unsaturated/α-hetero) is 3. The first-order valence-electron chi connectivity index (χ1n) is 9.77. The maximum absolute atomic E-state index is 13.1. The lowest BCUT2D eigenvalue weighted by molar-refractivity contribution is -0.140. The Bertz CT molecular complexity index is 907. The maximum atomic E-state index is 13.1. The average molecular weight is 437 g/mol. The lowest BCUT2D eigenvalue weighted by atomic mass is 9.62. The number of ketones is 3. The van der Waals surface area contributed by atoms with Gasteiger partial charge in [-0.05, 0) is 28.5 Å². The fraction of sp³-hybridized carbons (Fsp3) is 0.522. The number of hydrogen-bond acceptors (Lipinski definition) is 4. The summed E-state index contributed by atoms with van der Waals surface area (Å²) in [6.45, 7) is 7.58. The first-order chi connectivity index (χ1) is 13.3. The molecule has 0 aromatic heterocycles. The number of allylic oxidation sites excluding steroid dienone is 2. The molecule has 4 nitrogen and oxygen atoms in total. The molecule has 0 unspecified atom stereocenters. The quantitative estimate of drug-likeness (QED) is 0.602. The van der Waals surface area contributed by atoms with Crippen molar-refractivity contribution in [1.29, 1.82) is 0 Å². The topological polar surface area (TPSA) is 71.4 Å². The molecule has 0 radical (unpaired) electrons. The Labute approximate surface area is 181 Å². The van der Waals surface area contributed by atoms with Crippen LogP contribution in [0.15, 0.2) is 29.5 Å². The Morgan fingerprint density at radius 2 is 1.48 bits per heavy atom. The molecule has 0 heterocycles. The van der Waals surface area contributed by atoms with Crippen LogP contribution in [-0.4, -0.2) is 22.5 Å². The van der Waals surface area contributed by atoms with Gasteiger partial charge in [-0.25, -0.2) is 0 Å². The summed E-state index contributed by atoms with van der Waals surface area (Å²) in [5.74, 6) is -2.70. The van der Waals surface area contributed by atoms with Crippen LogP contribution >= 0.6 is 23.2 Å². The molecule has 0 bridgehead atoms. The number of rotatable bonds is 3. The van der Waals surface area contributed by atoms with Crippen LogP contribution in [0.3, 0.4) is 0 Å². The third-order valence-corrected chi connectivity index (χ3v) is 6.40. The molecule has 1 aromatic carbocycles. The van der Waals surface area contributed by atoms with Gasteiger partial charge in [0.05, 0.1) is 5.92 Å². The van der Waals surface area contributed by atoms with Gasteiger partial charge >= 0.3 is 0 Å². The van der Waals surface area contributed by atoms with Gasteiger partial charge in [-0.3, -0.25) is 14.4 Å². The molecule has 2 aliphatic rings. The molecule has 1 saturated carbocycles. The lowest BCUT2D eigenvalue weighted by Crippen LogP contribution is -2.43. The Morgan fingerprint density at radius 1 is 0.931 bits per heavy atom. The van der Waals surface area contributed by atoms with Crippen molar-refractivity contribution in [2.75, 3.05) is 0 Å². The van der Waals surface area contributed by atoms with Gasteiger partial charge in [-0.1, -0.05) is 57.0 Å². The van der Waals surface area contributed by atoms with E-state index in [0.29, 0.717) is 17.0 Å². The predicted octanol–water partition coefficient (Wildman–Crippen LogP) is 5.85. The van der Waals surface area contributed by atoms with Crippen LogP contribution in [0.5, 0.6) is 0 Å². The van der Waals surface area contributed by atoms with E-state index in [1.807, 2.05) is 27.7 Å². The van der Waals surface area contributed by atoms with E-state index in [0.717, 1.165) is 0 Å². The van der Waals surface area contributed by atoms with E-state index < -0.39 is 17.3 Å². The normalized spacial score (nSPS) is 23.4. The first-order valence-corrected chi connectivity index (χ1v) is 10.5. The monoisotopic (exact) mass is 436 g/mol. The van der Waals surface area contributed by atoms with Crippen molar-refractivity contribution in [1.82, 2.24) is 0 Å². The fourth-order valence-electron chi connectivity index (χ4n) is 4.69. The summed E-state index contributed by atoms with van der Waals surface area (Å²) in [6, 6.07) is 4.79. The van der Waals surface area contributed by atoms with Crippen molar-refractivity contribution in [2.24, 2.45) is 16.7 Å². The molecule has 1 fully saturated rings. The molecule has 6 heteroatoms. The van der Waals surface area contributed by atoms with E-state index >= 15 is 0 Å². The second kappa shape index (κ2) is 7.55. The number of aliphatic hydroxyl groups excluding tert-OH is 1. The molecule has 0 saturated heterocycles. The number of aliphatic hydroxyl groups is 1. The highest BCUT2D eigenvalue weighted by molar-refractivity contribution is 6.35. The van der Waals surface area contributed by atoms with Crippen molar-refractivity contribution < 1.29 is 19.5 Å². The number of carbonyl (C=O) groups is 3. The highest BCUT2D eigenvalue weighted by Crippen LogP contribution is 2.48. The molecule has 0 amide bonds. The summed E-state index contributed by atoms with van der Waals surface area (Å²) in [6.07, 6.45) is 1.00. The highest BCUT2D eigenvalue weighted by atomic mass is 35.5. The fourth-order valence-corrected chi connectivity index (χ4v) is 5.21. The van der Waals surface area contributed by atoms with E-state index in [2.05, 4.69) is 0 Å². The Hall–Kier alpha value is -1.65. The smallest absolute Gasteiger partial charge is 0.163 e. The molecule has 156 valence electrons. The Balaban J connectivity index is 2.20. The van der Waals surface area contributed by atoms with Gasteiger partial charge in [0.2, 0.25) is 0 Å². The number of carbonyl (C=O) groups excluding carboxylic acids is 3. The summed E-state index contributed by atoms with van der Waals surface area (Å²) in [7, 11) is 0. The number of hydrogen-bond donors (Lipinski definition) is 1. The van der Waals surface area contributed by atoms with Gasteiger partial charge in [-0.15, -0.1) is 0 Å². The van der Waals surface area contributed by atoms with E-state index in [9.17, 15) is 19.5 Å². The summed E-state index contributed by atoms with van der Waals surface area (Å²) >= 11 is 12.5. The van der Waals surface area contributed by atoms with Crippen LogP contribution in [0.4, 0.5) is 0 Å². The minimum atomic E-state index is -1.04. The minimum absolute atomic E-state index is 0.0623. The standard InChI is InChI=1S/C23H26Cl2O4/c1-22(2)8-15(26)20(16(27)9-22)19(13-6-5-12(24)7-14(13)25)21-17(28)10-23(3,4)11-18(21)29/h5-7,19-20,28H,8-11H2,1-4H3/t19-/m1/s1. The van der Waals surface area contributed by atoms with E-state index in [4.69, 9.17) is 23.2 Å². The third-order valence-electron chi connectivity index (χ3n) is 5.84. The lowest BCUT2D eigenvalue weighted by Gasteiger charge is -2.39. The molecule has 1 aromatic rings. The van der Waals surface area contributed by atoms with E-state index in [-0.39, 0.29) is 58.4 Å². The Morgan fingerprint density at radius 3 is 2.00 bits per heavy atom. The van der Waals surface area contributed by atoms with E-state index in [1.54, 1.807) is 12.1 Å². The summed E-state index contributed by atoms with van der Waals surface area (Å²) in [5.41, 5.74) is -0.202. The third kappa shape index (κ3) is 4.44. The summed E-state index contributed by atoms with van der Waals surface area (Å²) < 4.78 is 0. The van der Waals surface area contributed by atoms with Crippen LogP contribution < -0.4 is 0 Å². The van der Waals surface area contributed by atoms with Crippen LogP contribution in [0, 0.1) is 16.7 Å². The molecule has 1 atom stereocenters. The van der Waals surface area contributed by atoms with Crippen LogP contribution in [-0.2, 0) is 14.4 Å².